The zero-order valence-electron chi connectivity index (χ0n) is 15.5. The van der Waals surface area contributed by atoms with E-state index >= 15 is 0 Å². The summed E-state index contributed by atoms with van der Waals surface area (Å²) in [5.41, 5.74) is 4.80. The number of sulfonamides is 1. The summed E-state index contributed by atoms with van der Waals surface area (Å²) >= 11 is 0. The number of likely N-dealkylation sites (N-methyl/N-ethyl adjacent to an activating group) is 1. The van der Waals surface area contributed by atoms with E-state index < -0.39 is 10.0 Å². The molecule has 0 aromatic heterocycles. The van der Waals surface area contributed by atoms with Crippen LogP contribution in [0.15, 0.2) is 48.5 Å². The van der Waals surface area contributed by atoms with Crippen LogP contribution in [0.1, 0.15) is 22.3 Å². The van der Waals surface area contributed by atoms with Crippen LogP contribution in [-0.2, 0) is 21.4 Å². The van der Waals surface area contributed by atoms with Crippen LogP contribution in [0, 0.1) is 13.8 Å². The summed E-state index contributed by atoms with van der Waals surface area (Å²) in [6.07, 6.45) is 4.33. The van der Waals surface area contributed by atoms with Gasteiger partial charge in [0.25, 0.3) is 0 Å². The number of amides is 1. The number of nitrogens with zero attached hydrogens (tertiary/aromatic N) is 1. The SMILES string of the molecule is Cc1ccc(CN(C)C(=O)/C=C/c2ccc(NS(C)(=O)=O)cc2)c(C)c1. The first-order valence-corrected chi connectivity index (χ1v) is 10.1. The van der Waals surface area contributed by atoms with Gasteiger partial charge in [-0.2, -0.15) is 0 Å². The van der Waals surface area contributed by atoms with Gasteiger partial charge in [-0.1, -0.05) is 35.9 Å². The molecule has 6 heteroatoms. The summed E-state index contributed by atoms with van der Waals surface area (Å²) in [4.78, 5) is 14.0. The molecule has 0 heterocycles. The molecule has 5 nitrogen and oxygen atoms in total. The van der Waals surface area contributed by atoms with Gasteiger partial charge in [0.15, 0.2) is 0 Å². The molecule has 1 N–H and O–H groups in total. The van der Waals surface area contributed by atoms with Crippen molar-refractivity contribution in [1.82, 2.24) is 4.90 Å². The monoisotopic (exact) mass is 372 g/mol. The molecule has 2 aromatic carbocycles. The second kappa shape index (κ2) is 8.19. The highest BCUT2D eigenvalue weighted by molar-refractivity contribution is 7.92. The van der Waals surface area contributed by atoms with E-state index in [2.05, 4.69) is 10.8 Å². The molecule has 138 valence electrons. The van der Waals surface area contributed by atoms with E-state index in [-0.39, 0.29) is 5.91 Å². The van der Waals surface area contributed by atoms with E-state index in [4.69, 9.17) is 0 Å². The van der Waals surface area contributed by atoms with Crippen LogP contribution in [0.25, 0.3) is 6.08 Å². The summed E-state index contributed by atoms with van der Waals surface area (Å²) in [6, 6.07) is 13.0. The number of aryl methyl sites for hydroxylation is 2. The number of benzene rings is 2. The first-order chi connectivity index (χ1) is 12.1. The van der Waals surface area contributed by atoms with Crippen LogP contribution < -0.4 is 4.72 Å². The molecule has 0 saturated carbocycles. The molecule has 1 amide bonds. The average Bonchev–Trinajstić information content (AvgIpc) is 2.55. The van der Waals surface area contributed by atoms with Gasteiger partial charge in [0, 0.05) is 25.4 Å². The molecular formula is C20H24N2O3S. The Hall–Kier alpha value is -2.60. The van der Waals surface area contributed by atoms with Gasteiger partial charge in [0.05, 0.1) is 6.26 Å². The van der Waals surface area contributed by atoms with Crippen molar-refractivity contribution in [3.8, 4) is 0 Å². The fraction of sp³-hybridized carbons (Fsp3) is 0.250. The Bertz CT molecular complexity index is 917. The first kappa shape index (κ1) is 19.7. The minimum Gasteiger partial charge on any atom is -0.338 e. The van der Waals surface area contributed by atoms with Crippen molar-refractivity contribution in [2.24, 2.45) is 0 Å². The number of carbonyl (C=O) groups is 1. The van der Waals surface area contributed by atoms with Gasteiger partial charge in [0.2, 0.25) is 15.9 Å². The lowest BCUT2D eigenvalue weighted by molar-refractivity contribution is -0.125. The van der Waals surface area contributed by atoms with Crippen LogP contribution in [-0.4, -0.2) is 32.5 Å². The van der Waals surface area contributed by atoms with Crippen molar-refractivity contribution < 1.29 is 13.2 Å². The summed E-state index contributed by atoms with van der Waals surface area (Å²) in [5.74, 6) is -0.0942. The molecule has 0 unspecified atom stereocenters. The molecular weight excluding hydrogens is 348 g/mol. The van der Waals surface area contributed by atoms with E-state index in [1.807, 2.05) is 26.0 Å². The molecule has 0 fully saturated rings. The Labute approximate surface area is 155 Å². The van der Waals surface area contributed by atoms with Gasteiger partial charge in [-0.3, -0.25) is 9.52 Å². The third-order valence-corrected chi connectivity index (χ3v) is 4.52. The zero-order valence-corrected chi connectivity index (χ0v) is 16.3. The third kappa shape index (κ3) is 6.04. The fourth-order valence-electron chi connectivity index (χ4n) is 2.53. The second-order valence-electron chi connectivity index (χ2n) is 6.45. The number of carbonyl (C=O) groups excluding carboxylic acids is 1. The van der Waals surface area contributed by atoms with Crippen LogP contribution >= 0.6 is 0 Å². The number of hydrogen-bond donors (Lipinski definition) is 1. The summed E-state index contributed by atoms with van der Waals surface area (Å²) < 4.78 is 24.8. The number of anilines is 1. The van der Waals surface area contributed by atoms with Crippen molar-refractivity contribution in [3.05, 3.63) is 70.8 Å². The van der Waals surface area contributed by atoms with Crippen LogP contribution in [0.2, 0.25) is 0 Å². The topological polar surface area (TPSA) is 66.5 Å². The highest BCUT2D eigenvalue weighted by atomic mass is 32.2. The number of nitrogens with one attached hydrogen (secondary N) is 1. The normalized spacial score (nSPS) is 11.5. The van der Waals surface area contributed by atoms with Crippen molar-refractivity contribution in [2.45, 2.75) is 20.4 Å². The summed E-state index contributed by atoms with van der Waals surface area (Å²) in [6.45, 7) is 4.64. The molecule has 0 radical (unpaired) electrons. The summed E-state index contributed by atoms with van der Waals surface area (Å²) in [5, 5.41) is 0. The first-order valence-electron chi connectivity index (χ1n) is 8.21. The Morgan fingerprint density at radius 1 is 1.12 bits per heavy atom. The Kier molecular flexibility index (Phi) is 6.21. The van der Waals surface area contributed by atoms with E-state index in [0.29, 0.717) is 12.2 Å². The van der Waals surface area contributed by atoms with Crippen molar-refractivity contribution >= 4 is 27.7 Å². The Morgan fingerprint density at radius 3 is 2.35 bits per heavy atom. The maximum Gasteiger partial charge on any atom is 0.246 e. The maximum atomic E-state index is 12.3. The van der Waals surface area contributed by atoms with Gasteiger partial charge in [-0.25, -0.2) is 8.42 Å². The molecule has 0 spiro atoms. The minimum absolute atomic E-state index is 0.0942. The lowest BCUT2D eigenvalue weighted by Crippen LogP contribution is -2.24. The largest absolute Gasteiger partial charge is 0.338 e. The fourth-order valence-corrected chi connectivity index (χ4v) is 3.09. The van der Waals surface area contributed by atoms with Crippen LogP contribution in [0.3, 0.4) is 0 Å². The highest BCUT2D eigenvalue weighted by Crippen LogP contribution is 2.14. The molecule has 0 aliphatic rings. The molecule has 2 rings (SSSR count). The van der Waals surface area contributed by atoms with E-state index in [9.17, 15) is 13.2 Å². The standard InChI is InChI=1S/C20H24N2O3S/c1-15-5-9-18(16(2)13-15)14-22(3)20(23)12-8-17-6-10-19(11-7-17)21-26(4,24)25/h5-13,21H,14H2,1-4H3/b12-8+. The van der Waals surface area contributed by atoms with E-state index in [0.717, 1.165) is 17.4 Å². The molecule has 0 aliphatic heterocycles. The summed E-state index contributed by atoms with van der Waals surface area (Å²) in [7, 11) is -1.52. The van der Waals surface area contributed by atoms with Gasteiger partial charge in [-0.05, 0) is 48.7 Å². The smallest absolute Gasteiger partial charge is 0.246 e. The van der Waals surface area contributed by atoms with Gasteiger partial charge in [-0.15, -0.1) is 0 Å². The van der Waals surface area contributed by atoms with Crippen LogP contribution in [0.5, 0.6) is 0 Å². The maximum absolute atomic E-state index is 12.3. The second-order valence-corrected chi connectivity index (χ2v) is 8.20. The Balaban J connectivity index is 1.99. The lowest BCUT2D eigenvalue weighted by atomic mass is 10.1. The van der Waals surface area contributed by atoms with Crippen LogP contribution in [0.4, 0.5) is 5.69 Å². The van der Waals surface area contributed by atoms with Gasteiger partial charge >= 0.3 is 0 Å². The predicted molar refractivity (Wildman–Crippen MR) is 106 cm³/mol. The average molecular weight is 372 g/mol. The highest BCUT2D eigenvalue weighted by Gasteiger charge is 2.08. The third-order valence-electron chi connectivity index (χ3n) is 3.91. The molecule has 0 saturated heterocycles. The molecule has 0 atom stereocenters. The molecule has 0 aliphatic carbocycles. The quantitative estimate of drug-likeness (QED) is 0.791. The van der Waals surface area contributed by atoms with Crippen molar-refractivity contribution in [2.75, 3.05) is 18.0 Å². The van der Waals surface area contributed by atoms with E-state index in [1.165, 1.54) is 17.2 Å². The van der Waals surface area contributed by atoms with Crippen molar-refractivity contribution in [3.63, 3.8) is 0 Å². The molecule has 0 bridgehead atoms. The van der Waals surface area contributed by atoms with Gasteiger partial charge in [0.1, 0.15) is 0 Å². The molecule has 2 aromatic rings. The minimum atomic E-state index is -3.29. The van der Waals surface area contributed by atoms with Crippen molar-refractivity contribution in [1.29, 1.82) is 0 Å². The predicted octanol–water partition coefficient (Wildman–Crippen LogP) is 3.35. The van der Waals surface area contributed by atoms with E-state index in [1.54, 1.807) is 42.3 Å². The molecule has 26 heavy (non-hydrogen) atoms. The number of rotatable bonds is 6. The Morgan fingerprint density at radius 2 is 1.77 bits per heavy atom. The lowest BCUT2D eigenvalue weighted by Gasteiger charge is -2.17. The zero-order chi connectivity index (χ0) is 19.3. The van der Waals surface area contributed by atoms with Gasteiger partial charge < -0.3 is 4.90 Å². The number of hydrogen-bond acceptors (Lipinski definition) is 3.